The van der Waals surface area contributed by atoms with Crippen LogP contribution in [-0.4, -0.2) is 62.5 Å². The van der Waals surface area contributed by atoms with Crippen LogP contribution in [0.1, 0.15) is 29.2 Å². The molecule has 3 aromatic rings. The van der Waals surface area contributed by atoms with Crippen LogP contribution in [0.15, 0.2) is 30.7 Å². The van der Waals surface area contributed by atoms with Gasteiger partial charge >= 0.3 is 6.03 Å². The summed E-state index contributed by atoms with van der Waals surface area (Å²) in [7, 11) is 0. The number of fused-ring (bicyclic) bond motifs is 1. The second-order valence-electron chi connectivity index (χ2n) is 7.06. The number of amides is 3. The first kappa shape index (κ1) is 19.6. The minimum atomic E-state index is -0.719. The van der Waals surface area contributed by atoms with Crippen molar-refractivity contribution in [2.75, 3.05) is 24.5 Å². The minimum Gasteiger partial charge on any atom is -0.363 e. The summed E-state index contributed by atoms with van der Waals surface area (Å²) in [5, 5.41) is 5.85. The smallest absolute Gasteiger partial charge is 0.315 e. The molecule has 0 atom stereocenters. The quantitative estimate of drug-likeness (QED) is 0.458. The number of urea groups is 1. The molecule has 3 aromatic heterocycles. The molecule has 5 N–H and O–H groups in total. The summed E-state index contributed by atoms with van der Waals surface area (Å²) in [4.78, 5) is 45.5. The second kappa shape index (κ2) is 8.72. The molecule has 4 heterocycles. The lowest BCUT2D eigenvalue weighted by molar-refractivity contribution is 0.0990. The van der Waals surface area contributed by atoms with Gasteiger partial charge in [0.2, 0.25) is 5.82 Å². The van der Waals surface area contributed by atoms with Crippen LogP contribution in [0.25, 0.3) is 11.2 Å². The highest BCUT2D eigenvalue weighted by atomic mass is 16.2. The maximum Gasteiger partial charge on any atom is 0.315 e. The number of primary amides is 1. The van der Waals surface area contributed by atoms with Gasteiger partial charge in [0.1, 0.15) is 11.3 Å². The lowest BCUT2D eigenvalue weighted by atomic mass is 10.1. The molecule has 11 nitrogen and oxygen atoms in total. The van der Waals surface area contributed by atoms with Crippen LogP contribution >= 0.6 is 0 Å². The molecular weight excluding hydrogens is 386 g/mol. The van der Waals surface area contributed by atoms with Crippen molar-refractivity contribution in [2.24, 2.45) is 5.73 Å². The SMILES string of the molecule is NC(=O)c1nc(CCNC(=O)NC2CCN(c3ccccn3)CC2)c2[nH]cnc2n1. The third kappa shape index (κ3) is 4.45. The summed E-state index contributed by atoms with van der Waals surface area (Å²) >= 11 is 0. The predicted molar refractivity (Wildman–Crippen MR) is 110 cm³/mol. The van der Waals surface area contributed by atoms with Crippen LogP contribution in [0.3, 0.4) is 0 Å². The first-order valence-corrected chi connectivity index (χ1v) is 9.80. The standard InChI is InChI=1S/C19H23N9O2/c20-16(29)18-26-13(15-17(27-18)24-11-23-15)4-8-22-19(30)25-12-5-9-28(10-6-12)14-3-1-2-7-21-14/h1-3,7,11-12H,4-6,8-10H2,(H2,20,29)(H2,22,25,30)(H,23,24,26,27). The first-order valence-electron chi connectivity index (χ1n) is 9.80. The van der Waals surface area contributed by atoms with Crippen molar-refractivity contribution >= 4 is 28.9 Å². The molecule has 0 aromatic carbocycles. The molecule has 0 bridgehead atoms. The van der Waals surface area contributed by atoms with Gasteiger partial charge in [0.05, 0.1) is 12.0 Å². The highest BCUT2D eigenvalue weighted by Gasteiger charge is 2.21. The van der Waals surface area contributed by atoms with E-state index in [0.717, 1.165) is 31.7 Å². The van der Waals surface area contributed by atoms with Gasteiger partial charge < -0.3 is 26.3 Å². The van der Waals surface area contributed by atoms with Crippen molar-refractivity contribution in [3.05, 3.63) is 42.2 Å². The van der Waals surface area contributed by atoms with Crippen LogP contribution in [0.5, 0.6) is 0 Å². The molecule has 0 unspecified atom stereocenters. The van der Waals surface area contributed by atoms with Crippen LogP contribution in [0, 0.1) is 0 Å². The van der Waals surface area contributed by atoms with Crippen LogP contribution in [0.2, 0.25) is 0 Å². The number of pyridine rings is 1. The van der Waals surface area contributed by atoms with Gasteiger partial charge in [-0.25, -0.2) is 24.7 Å². The van der Waals surface area contributed by atoms with Crippen LogP contribution < -0.4 is 21.3 Å². The van der Waals surface area contributed by atoms with Crippen molar-refractivity contribution in [3.8, 4) is 0 Å². The van der Waals surface area contributed by atoms with E-state index in [1.54, 1.807) is 6.20 Å². The van der Waals surface area contributed by atoms with Crippen LogP contribution in [0.4, 0.5) is 10.6 Å². The maximum absolute atomic E-state index is 12.3. The number of H-pyrrole nitrogens is 1. The van der Waals surface area contributed by atoms with Gasteiger partial charge in [-0.1, -0.05) is 6.07 Å². The molecule has 1 aliphatic heterocycles. The normalized spacial score (nSPS) is 14.6. The van der Waals surface area contributed by atoms with Crippen molar-refractivity contribution in [1.29, 1.82) is 0 Å². The molecular formula is C19H23N9O2. The van der Waals surface area contributed by atoms with Crippen molar-refractivity contribution in [2.45, 2.75) is 25.3 Å². The number of nitrogens with two attached hydrogens (primary N) is 1. The van der Waals surface area contributed by atoms with E-state index < -0.39 is 5.91 Å². The summed E-state index contributed by atoms with van der Waals surface area (Å²) in [6.07, 6.45) is 5.38. The van der Waals surface area contributed by atoms with Gasteiger partial charge in [0.15, 0.2) is 5.65 Å². The number of carbonyl (C=O) groups excluding carboxylic acids is 2. The van der Waals surface area contributed by atoms with Crippen LogP contribution in [-0.2, 0) is 6.42 Å². The molecule has 0 saturated carbocycles. The zero-order chi connectivity index (χ0) is 20.9. The molecule has 156 valence electrons. The molecule has 11 heteroatoms. The Bertz CT molecular complexity index is 1030. The van der Waals surface area contributed by atoms with Crippen molar-refractivity contribution in [1.82, 2.24) is 35.6 Å². The molecule has 3 amide bonds. The topological polar surface area (TPSA) is 155 Å². The fourth-order valence-corrected chi connectivity index (χ4v) is 3.51. The first-order chi connectivity index (χ1) is 14.6. The van der Waals surface area contributed by atoms with E-state index >= 15 is 0 Å². The highest BCUT2D eigenvalue weighted by Crippen LogP contribution is 2.17. The van der Waals surface area contributed by atoms with Gasteiger partial charge in [-0.2, -0.15) is 0 Å². The fraction of sp³-hybridized carbons (Fsp3) is 0.368. The zero-order valence-electron chi connectivity index (χ0n) is 16.3. The number of nitrogens with one attached hydrogen (secondary N) is 3. The van der Waals surface area contributed by atoms with Crippen molar-refractivity contribution in [3.63, 3.8) is 0 Å². The van der Waals surface area contributed by atoms with Gasteiger partial charge in [-0.15, -0.1) is 0 Å². The van der Waals surface area contributed by atoms with Gasteiger partial charge in [-0.05, 0) is 25.0 Å². The lowest BCUT2D eigenvalue weighted by Gasteiger charge is -2.33. The number of nitrogens with zero attached hydrogens (tertiary/aromatic N) is 5. The molecule has 1 fully saturated rings. The largest absolute Gasteiger partial charge is 0.363 e. The molecule has 4 rings (SSSR count). The number of imidazole rings is 1. The average molecular weight is 409 g/mol. The molecule has 0 spiro atoms. The summed E-state index contributed by atoms with van der Waals surface area (Å²) in [5.74, 6) is 0.156. The monoisotopic (exact) mass is 409 g/mol. The molecule has 1 saturated heterocycles. The van der Waals surface area contributed by atoms with E-state index in [4.69, 9.17) is 5.73 Å². The Balaban J connectivity index is 1.26. The van der Waals surface area contributed by atoms with Gasteiger partial charge in [0.25, 0.3) is 5.91 Å². The number of rotatable bonds is 6. The van der Waals surface area contributed by atoms with E-state index in [1.807, 2.05) is 18.2 Å². The Morgan fingerprint density at radius 2 is 2.03 bits per heavy atom. The highest BCUT2D eigenvalue weighted by molar-refractivity contribution is 5.90. The molecule has 1 aliphatic rings. The Kier molecular flexibility index (Phi) is 5.68. The number of aromatic nitrogens is 5. The third-order valence-electron chi connectivity index (χ3n) is 5.03. The Morgan fingerprint density at radius 1 is 1.20 bits per heavy atom. The van der Waals surface area contributed by atoms with E-state index in [1.165, 1.54) is 6.33 Å². The molecule has 30 heavy (non-hydrogen) atoms. The van der Waals surface area contributed by atoms with Gasteiger partial charge in [0, 0.05) is 38.3 Å². The average Bonchev–Trinajstić information content (AvgIpc) is 3.24. The number of carbonyl (C=O) groups is 2. The Hall–Kier alpha value is -3.76. The van der Waals surface area contributed by atoms with E-state index in [9.17, 15) is 9.59 Å². The molecule has 0 radical (unpaired) electrons. The Morgan fingerprint density at radius 3 is 2.77 bits per heavy atom. The van der Waals surface area contributed by atoms with E-state index in [2.05, 4.69) is 40.5 Å². The summed E-state index contributed by atoms with van der Waals surface area (Å²) < 4.78 is 0. The zero-order valence-corrected chi connectivity index (χ0v) is 16.3. The number of hydrogen-bond donors (Lipinski definition) is 4. The third-order valence-corrected chi connectivity index (χ3v) is 5.03. The summed E-state index contributed by atoms with van der Waals surface area (Å²) in [5.41, 5.74) is 6.86. The lowest BCUT2D eigenvalue weighted by Crippen LogP contribution is -2.48. The second-order valence-corrected chi connectivity index (χ2v) is 7.06. The number of anilines is 1. The maximum atomic E-state index is 12.3. The van der Waals surface area contributed by atoms with Crippen molar-refractivity contribution < 1.29 is 9.59 Å². The van der Waals surface area contributed by atoms with Gasteiger partial charge in [-0.3, -0.25) is 4.79 Å². The minimum absolute atomic E-state index is 0.0892. The number of aromatic amines is 1. The number of hydrogen-bond acceptors (Lipinski definition) is 7. The summed E-state index contributed by atoms with van der Waals surface area (Å²) in [6, 6.07) is 5.76. The van der Waals surface area contributed by atoms with E-state index in [0.29, 0.717) is 29.8 Å². The summed E-state index contributed by atoms with van der Waals surface area (Å²) in [6.45, 7) is 2.04. The number of piperidine rings is 1. The van der Waals surface area contributed by atoms with E-state index in [-0.39, 0.29) is 17.9 Å². The predicted octanol–water partition coefficient (Wildman–Crippen LogP) is 0.358. The fourth-order valence-electron chi connectivity index (χ4n) is 3.51. The molecule has 0 aliphatic carbocycles. The Labute approximate surface area is 172 Å².